The molecule has 0 spiro atoms. The van der Waals surface area contributed by atoms with Gasteiger partial charge >= 0.3 is 0 Å². The van der Waals surface area contributed by atoms with Gasteiger partial charge in [-0.25, -0.2) is 4.39 Å². The highest BCUT2D eigenvalue weighted by Crippen LogP contribution is 2.30. The molecule has 0 radical (unpaired) electrons. The molecule has 1 heterocycles. The van der Waals surface area contributed by atoms with Crippen molar-refractivity contribution in [3.05, 3.63) is 82.8 Å². The molecule has 1 aliphatic heterocycles. The molecule has 3 rings (SSSR count). The van der Waals surface area contributed by atoms with E-state index in [1.807, 2.05) is 6.07 Å². The van der Waals surface area contributed by atoms with Crippen molar-refractivity contribution < 1.29 is 4.39 Å². The molecule has 0 saturated carbocycles. The van der Waals surface area contributed by atoms with Gasteiger partial charge in [0, 0.05) is 25.2 Å². The van der Waals surface area contributed by atoms with Crippen LogP contribution in [0, 0.1) is 5.82 Å². The minimum absolute atomic E-state index is 0.121. The van der Waals surface area contributed by atoms with Crippen LogP contribution in [0.3, 0.4) is 0 Å². The van der Waals surface area contributed by atoms with Crippen molar-refractivity contribution in [2.75, 3.05) is 13.1 Å². The zero-order chi connectivity index (χ0) is 16.9. The zero-order valence-electron chi connectivity index (χ0n) is 14.6. The first kappa shape index (κ1) is 16.8. The van der Waals surface area contributed by atoms with Gasteiger partial charge in [0.2, 0.25) is 0 Å². The number of rotatable bonds is 3. The summed E-state index contributed by atoms with van der Waals surface area (Å²) in [6.07, 6.45) is 5.23. The maximum Gasteiger partial charge on any atom is 0.123 e. The van der Waals surface area contributed by atoms with Crippen LogP contribution in [-0.4, -0.2) is 18.0 Å². The predicted molar refractivity (Wildman–Crippen MR) is 98.6 cm³/mol. The first-order chi connectivity index (χ1) is 11.7. The molecule has 2 aromatic carbocycles. The van der Waals surface area contributed by atoms with Gasteiger partial charge in [0.1, 0.15) is 5.82 Å². The lowest BCUT2D eigenvalue weighted by Crippen LogP contribution is -2.30. The standard InChI is InChI=1S/C22H26FN/c1-3-21-15-19-9-10-20(23)16-22(19)17(2)11-13-24(21)14-12-18-7-5-4-6-8-18/h3-10,16-17H,11-15H2,1-2H3/b21-3+/t17-/m0/s1. The molecule has 1 aliphatic rings. The quantitative estimate of drug-likeness (QED) is 0.738. The normalized spacial score (nSPS) is 19.7. The maximum absolute atomic E-state index is 13.6. The molecule has 1 nitrogen and oxygen atoms in total. The molecular formula is C22H26FN. The Hall–Kier alpha value is -2.09. The number of nitrogens with zero attached hydrogens (tertiary/aromatic N) is 1. The lowest BCUT2D eigenvalue weighted by atomic mass is 9.88. The summed E-state index contributed by atoms with van der Waals surface area (Å²) in [5.74, 6) is 0.275. The number of benzene rings is 2. The highest BCUT2D eigenvalue weighted by molar-refractivity contribution is 5.35. The molecule has 0 bridgehead atoms. The second-order valence-corrected chi connectivity index (χ2v) is 6.71. The Morgan fingerprint density at radius 2 is 1.96 bits per heavy atom. The van der Waals surface area contributed by atoms with E-state index in [-0.39, 0.29) is 5.82 Å². The van der Waals surface area contributed by atoms with Crippen molar-refractivity contribution >= 4 is 0 Å². The van der Waals surface area contributed by atoms with Crippen LogP contribution < -0.4 is 0 Å². The van der Waals surface area contributed by atoms with Gasteiger partial charge in [-0.2, -0.15) is 0 Å². The minimum Gasteiger partial charge on any atom is -0.374 e. The first-order valence-corrected chi connectivity index (χ1v) is 8.89. The molecule has 2 heteroatoms. The van der Waals surface area contributed by atoms with Crippen LogP contribution in [-0.2, 0) is 12.8 Å². The van der Waals surface area contributed by atoms with E-state index in [2.05, 4.69) is 55.2 Å². The van der Waals surface area contributed by atoms with E-state index in [1.165, 1.54) is 22.4 Å². The van der Waals surface area contributed by atoms with Crippen LogP contribution >= 0.6 is 0 Å². The number of allylic oxidation sites excluding steroid dienone is 2. The number of hydrogen-bond donors (Lipinski definition) is 0. The van der Waals surface area contributed by atoms with Gasteiger partial charge in [0.15, 0.2) is 0 Å². The fraction of sp³-hybridized carbons (Fsp3) is 0.364. The van der Waals surface area contributed by atoms with Crippen molar-refractivity contribution in [2.45, 2.75) is 39.0 Å². The zero-order valence-corrected chi connectivity index (χ0v) is 14.6. The number of fused-ring (bicyclic) bond motifs is 1. The van der Waals surface area contributed by atoms with Gasteiger partial charge in [-0.3, -0.25) is 0 Å². The third kappa shape index (κ3) is 3.87. The van der Waals surface area contributed by atoms with Gasteiger partial charge in [-0.05, 0) is 54.5 Å². The Kier molecular flexibility index (Phi) is 5.34. The van der Waals surface area contributed by atoms with Crippen molar-refractivity contribution in [2.24, 2.45) is 0 Å². The van der Waals surface area contributed by atoms with Crippen molar-refractivity contribution in [3.8, 4) is 0 Å². The Labute approximate surface area is 144 Å². The minimum atomic E-state index is -0.121. The average molecular weight is 323 g/mol. The van der Waals surface area contributed by atoms with Crippen LogP contribution in [0.5, 0.6) is 0 Å². The molecule has 0 saturated heterocycles. The van der Waals surface area contributed by atoms with Gasteiger partial charge in [0.25, 0.3) is 0 Å². The third-order valence-corrected chi connectivity index (χ3v) is 5.10. The van der Waals surface area contributed by atoms with Crippen LogP contribution in [0.2, 0.25) is 0 Å². The maximum atomic E-state index is 13.6. The molecule has 126 valence electrons. The molecule has 0 amide bonds. The van der Waals surface area contributed by atoms with Crippen LogP contribution in [0.1, 0.15) is 42.9 Å². The van der Waals surface area contributed by atoms with Crippen molar-refractivity contribution in [1.29, 1.82) is 0 Å². The molecule has 2 aromatic rings. The summed E-state index contributed by atoms with van der Waals surface area (Å²) in [6, 6.07) is 15.9. The fourth-order valence-electron chi connectivity index (χ4n) is 3.59. The Bertz CT molecular complexity index is 705. The average Bonchev–Trinajstić information content (AvgIpc) is 2.60. The second-order valence-electron chi connectivity index (χ2n) is 6.71. The lowest BCUT2D eigenvalue weighted by Gasteiger charge is -2.32. The fourth-order valence-corrected chi connectivity index (χ4v) is 3.59. The topological polar surface area (TPSA) is 3.24 Å². The van der Waals surface area contributed by atoms with Crippen LogP contribution in [0.4, 0.5) is 4.39 Å². The highest BCUT2D eigenvalue weighted by atomic mass is 19.1. The Morgan fingerprint density at radius 1 is 1.17 bits per heavy atom. The van der Waals surface area contributed by atoms with Gasteiger partial charge in [-0.15, -0.1) is 0 Å². The van der Waals surface area contributed by atoms with E-state index < -0.39 is 0 Å². The van der Waals surface area contributed by atoms with E-state index in [4.69, 9.17) is 0 Å². The molecular weight excluding hydrogens is 297 g/mol. The SMILES string of the molecule is C/C=C1\Cc2ccc(F)cc2[C@@H](C)CCN1CCc1ccccc1. The third-order valence-electron chi connectivity index (χ3n) is 5.10. The smallest absolute Gasteiger partial charge is 0.123 e. The van der Waals surface area contributed by atoms with E-state index in [0.717, 1.165) is 32.4 Å². The van der Waals surface area contributed by atoms with E-state index in [0.29, 0.717) is 5.92 Å². The van der Waals surface area contributed by atoms with Crippen LogP contribution in [0.15, 0.2) is 60.3 Å². The molecule has 0 unspecified atom stereocenters. The Morgan fingerprint density at radius 3 is 2.71 bits per heavy atom. The summed E-state index contributed by atoms with van der Waals surface area (Å²) in [5, 5.41) is 0. The molecule has 0 N–H and O–H groups in total. The summed E-state index contributed by atoms with van der Waals surface area (Å²) in [7, 11) is 0. The Balaban J connectivity index is 1.79. The van der Waals surface area contributed by atoms with Gasteiger partial charge in [0.05, 0.1) is 0 Å². The number of hydrogen-bond acceptors (Lipinski definition) is 1. The van der Waals surface area contributed by atoms with E-state index >= 15 is 0 Å². The van der Waals surface area contributed by atoms with E-state index in [1.54, 1.807) is 12.1 Å². The van der Waals surface area contributed by atoms with Crippen molar-refractivity contribution in [3.63, 3.8) is 0 Å². The molecule has 0 aliphatic carbocycles. The molecule has 0 fully saturated rings. The van der Waals surface area contributed by atoms with Gasteiger partial charge < -0.3 is 4.90 Å². The summed E-state index contributed by atoms with van der Waals surface area (Å²) in [6.45, 7) is 6.39. The van der Waals surface area contributed by atoms with Crippen molar-refractivity contribution in [1.82, 2.24) is 4.90 Å². The summed E-state index contributed by atoms with van der Waals surface area (Å²) in [5.41, 5.74) is 5.18. The lowest BCUT2D eigenvalue weighted by molar-refractivity contribution is 0.320. The van der Waals surface area contributed by atoms with Crippen LogP contribution in [0.25, 0.3) is 0 Å². The number of halogens is 1. The molecule has 0 aromatic heterocycles. The largest absolute Gasteiger partial charge is 0.374 e. The van der Waals surface area contributed by atoms with E-state index in [9.17, 15) is 4.39 Å². The molecule has 1 atom stereocenters. The monoisotopic (exact) mass is 323 g/mol. The second kappa shape index (κ2) is 7.65. The van der Waals surface area contributed by atoms with Gasteiger partial charge in [-0.1, -0.05) is 49.4 Å². The highest BCUT2D eigenvalue weighted by Gasteiger charge is 2.20. The summed E-state index contributed by atoms with van der Waals surface area (Å²) >= 11 is 0. The summed E-state index contributed by atoms with van der Waals surface area (Å²) < 4.78 is 13.6. The molecule has 24 heavy (non-hydrogen) atoms. The first-order valence-electron chi connectivity index (χ1n) is 8.89. The summed E-state index contributed by atoms with van der Waals surface area (Å²) in [4.78, 5) is 2.51. The predicted octanol–water partition coefficient (Wildman–Crippen LogP) is 5.32.